The maximum atomic E-state index is 11.2. The second-order valence-corrected chi connectivity index (χ2v) is 4.39. The summed E-state index contributed by atoms with van der Waals surface area (Å²) in [7, 11) is 0. The Morgan fingerprint density at radius 3 is 3.06 bits per heavy atom. The second-order valence-electron chi connectivity index (χ2n) is 4.39. The van der Waals surface area contributed by atoms with Crippen LogP contribution in [0.3, 0.4) is 0 Å². The lowest BCUT2D eigenvalue weighted by Gasteiger charge is -2.25. The SMILES string of the molecule is NC(=O)N1CCc2nn3c(c2C1)CNNCC3. The normalized spacial score (nSPS) is 19.4. The van der Waals surface area contributed by atoms with E-state index < -0.39 is 0 Å². The number of hydrogen-bond acceptors (Lipinski definition) is 4. The number of rotatable bonds is 0. The van der Waals surface area contributed by atoms with Gasteiger partial charge in [-0.05, 0) is 0 Å². The van der Waals surface area contributed by atoms with Gasteiger partial charge in [0.2, 0.25) is 0 Å². The highest BCUT2D eigenvalue weighted by molar-refractivity contribution is 5.72. The lowest BCUT2D eigenvalue weighted by atomic mass is 10.1. The minimum absolute atomic E-state index is 0.352. The Morgan fingerprint density at radius 2 is 2.24 bits per heavy atom. The Balaban J connectivity index is 1.95. The number of nitrogens with two attached hydrogens (primary N) is 1. The van der Waals surface area contributed by atoms with Crippen LogP contribution in [0.2, 0.25) is 0 Å². The van der Waals surface area contributed by atoms with Crippen LogP contribution in [0.4, 0.5) is 4.79 Å². The quantitative estimate of drug-likeness (QED) is 0.535. The molecule has 2 amide bonds. The van der Waals surface area contributed by atoms with Crippen LogP contribution in [0, 0.1) is 0 Å². The Labute approximate surface area is 98.9 Å². The summed E-state index contributed by atoms with van der Waals surface area (Å²) < 4.78 is 2.03. The molecule has 0 spiro atoms. The maximum absolute atomic E-state index is 11.2. The summed E-state index contributed by atoms with van der Waals surface area (Å²) >= 11 is 0. The predicted octanol–water partition coefficient (Wildman–Crippen LogP) is -1.07. The van der Waals surface area contributed by atoms with E-state index in [4.69, 9.17) is 5.73 Å². The number of aromatic nitrogens is 2. The highest BCUT2D eigenvalue weighted by atomic mass is 16.2. The number of fused-ring (bicyclic) bond motifs is 3. The van der Waals surface area contributed by atoms with Crippen LogP contribution in [-0.2, 0) is 26.1 Å². The third kappa shape index (κ3) is 1.77. The lowest BCUT2D eigenvalue weighted by molar-refractivity contribution is 0.202. The zero-order valence-electron chi connectivity index (χ0n) is 9.57. The molecule has 7 nitrogen and oxygen atoms in total. The standard InChI is InChI=1S/C10H16N6O/c11-10(17)15-3-1-8-7(6-15)9-5-13-12-2-4-16(9)14-8/h12-13H,1-6H2,(H2,11,17). The second kappa shape index (κ2) is 4.01. The summed E-state index contributed by atoms with van der Waals surface area (Å²) in [5, 5.41) is 4.60. The van der Waals surface area contributed by atoms with Gasteiger partial charge < -0.3 is 10.6 Å². The van der Waals surface area contributed by atoms with Gasteiger partial charge >= 0.3 is 6.03 Å². The molecule has 3 heterocycles. The fourth-order valence-corrected chi connectivity index (χ4v) is 2.45. The van der Waals surface area contributed by atoms with Gasteiger partial charge in [-0.25, -0.2) is 4.79 Å². The van der Waals surface area contributed by atoms with E-state index in [1.807, 2.05) is 4.68 Å². The highest BCUT2D eigenvalue weighted by Gasteiger charge is 2.26. The number of primary amides is 1. The molecule has 0 aromatic carbocycles. The Bertz CT molecular complexity index is 454. The number of nitrogens with one attached hydrogen (secondary N) is 2. The molecule has 0 aliphatic carbocycles. The van der Waals surface area contributed by atoms with Crippen molar-refractivity contribution in [2.45, 2.75) is 26.1 Å². The van der Waals surface area contributed by atoms with Crippen LogP contribution in [0.5, 0.6) is 0 Å². The zero-order chi connectivity index (χ0) is 11.8. The molecule has 17 heavy (non-hydrogen) atoms. The first kappa shape index (κ1) is 10.5. The molecule has 0 saturated heterocycles. The molecule has 0 unspecified atom stereocenters. The summed E-state index contributed by atoms with van der Waals surface area (Å²) in [5.41, 5.74) is 15.0. The molecule has 0 saturated carbocycles. The summed E-state index contributed by atoms with van der Waals surface area (Å²) in [6, 6.07) is -0.352. The fourth-order valence-electron chi connectivity index (χ4n) is 2.45. The maximum Gasteiger partial charge on any atom is 0.315 e. The van der Waals surface area contributed by atoms with Crippen molar-refractivity contribution in [2.24, 2.45) is 5.73 Å². The first-order valence-corrected chi connectivity index (χ1v) is 5.83. The van der Waals surface area contributed by atoms with Crippen molar-refractivity contribution in [3.05, 3.63) is 17.0 Å². The molecule has 92 valence electrons. The van der Waals surface area contributed by atoms with Crippen molar-refractivity contribution >= 4 is 6.03 Å². The van der Waals surface area contributed by atoms with Crippen molar-refractivity contribution in [2.75, 3.05) is 13.1 Å². The van der Waals surface area contributed by atoms with Crippen LogP contribution in [0.25, 0.3) is 0 Å². The van der Waals surface area contributed by atoms with E-state index in [2.05, 4.69) is 16.0 Å². The third-order valence-electron chi connectivity index (χ3n) is 3.36. The topological polar surface area (TPSA) is 88.2 Å². The fraction of sp³-hybridized carbons (Fsp3) is 0.600. The first-order valence-electron chi connectivity index (χ1n) is 5.83. The third-order valence-corrected chi connectivity index (χ3v) is 3.36. The molecule has 0 radical (unpaired) electrons. The van der Waals surface area contributed by atoms with Crippen molar-refractivity contribution in [3.63, 3.8) is 0 Å². The average molecular weight is 236 g/mol. The van der Waals surface area contributed by atoms with E-state index in [0.717, 1.165) is 43.0 Å². The van der Waals surface area contributed by atoms with Gasteiger partial charge in [0.05, 0.1) is 31.0 Å². The number of nitrogens with zero attached hydrogens (tertiary/aromatic N) is 3. The Morgan fingerprint density at radius 1 is 1.35 bits per heavy atom. The molecule has 0 fully saturated rings. The zero-order valence-corrected chi connectivity index (χ0v) is 9.57. The van der Waals surface area contributed by atoms with Crippen molar-refractivity contribution < 1.29 is 4.79 Å². The monoisotopic (exact) mass is 236 g/mol. The highest BCUT2D eigenvalue weighted by Crippen LogP contribution is 2.22. The number of amides is 2. The molecule has 0 atom stereocenters. The molecule has 1 aromatic heterocycles. The van der Waals surface area contributed by atoms with Crippen LogP contribution >= 0.6 is 0 Å². The number of urea groups is 1. The molecule has 0 bridgehead atoms. The van der Waals surface area contributed by atoms with E-state index in [-0.39, 0.29) is 6.03 Å². The number of hydrogen-bond donors (Lipinski definition) is 3. The van der Waals surface area contributed by atoms with Crippen LogP contribution in [0.1, 0.15) is 17.0 Å². The molecule has 3 rings (SSSR count). The molecule has 2 aliphatic heterocycles. The summed E-state index contributed by atoms with van der Waals surface area (Å²) in [4.78, 5) is 12.9. The Hall–Kier alpha value is -1.60. The van der Waals surface area contributed by atoms with Gasteiger partial charge in [0.15, 0.2) is 0 Å². The lowest BCUT2D eigenvalue weighted by Crippen LogP contribution is -2.39. The van der Waals surface area contributed by atoms with E-state index >= 15 is 0 Å². The van der Waals surface area contributed by atoms with Crippen LogP contribution < -0.4 is 16.6 Å². The van der Waals surface area contributed by atoms with Gasteiger partial charge in [-0.3, -0.25) is 15.5 Å². The minimum Gasteiger partial charge on any atom is -0.351 e. The van der Waals surface area contributed by atoms with Gasteiger partial charge in [-0.15, -0.1) is 0 Å². The summed E-state index contributed by atoms with van der Waals surface area (Å²) in [5.74, 6) is 0. The largest absolute Gasteiger partial charge is 0.351 e. The van der Waals surface area contributed by atoms with Gasteiger partial charge in [0.1, 0.15) is 0 Å². The van der Waals surface area contributed by atoms with Gasteiger partial charge in [0.25, 0.3) is 0 Å². The van der Waals surface area contributed by atoms with E-state index in [9.17, 15) is 4.79 Å². The first-order chi connectivity index (χ1) is 8.25. The summed E-state index contributed by atoms with van der Waals surface area (Å²) in [6.45, 7) is 3.69. The van der Waals surface area contributed by atoms with Gasteiger partial charge in [-0.1, -0.05) is 0 Å². The number of carbonyl (C=O) groups excluding carboxylic acids is 1. The van der Waals surface area contributed by atoms with Crippen molar-refractivity contribution in [3.8, 4) is 0 Å². The van der Waals surface area contributed by atoms with E-state index in [1.54, 1.807) is 4.90 Å². The minimum atomic E-state index is -0.352. The molecule has 7 heteroatoms. The smallest absolute Gasteiger partial charge is 0.315 e. The van der Waals surface area contributed by atoms with Gasteiger partial charge in [0, 0.05) is 25.1 Å². The summed E-state index contributed by atoms with van der Waals surface area (Å²) in [6.07, 6.45) is 0.797. The van der Waals surface area contributed by atoms with Crippen molar-refractivity contribution in [1.29, 1.82) is 0 Å². The number of carbonyl (C=O) groups is 1. The van der Waals surface area contributed by atoms with E-state index in [1.165, 1.54) is 0 Å². The molecule has 1 aromatic rings. The van der Waals surface area contributed by atoms with Gasteiger partial charge in [-0.2, -0.15) is 5.10 Å². The van der Waals surface area contributed by atoms with Crippen LogP contribution in [0.15, 0.2) is 0 Å². The number of hydrazine groups is 1. The molecule has 4 N–H and O–H groups in total. The van der Waals surface area contributed by atoms with Crippen molar-refractivity contribution in [1.82, 2.24) is 25.5 Å². The molecular weight excluding hydrogens is 220 g/mol. The average Bonchev–Trinajstić information content (AvgIpc) is 2.51. The molecule has 2 aliphatic rings. The van der Waals surface area contributed by atoms with Crippen LogP contribution in [-0.4, -0.2) is 33.8 Å². The molecular formula is C10H16N6O. The van der Waals surface area contributed by atoms with E-state index in [0.29, 0.717) is 13.1 Å². The predicted molar refractivity (Wildman–Crippen MR) is 60.8 cm³/mol. The Kier molecular flexibility index (Phi) is 2.49.